The van der Waals surface area contributed by atoms with Gasteiger partial charge in [0, 0.05) is 13.5 Å². The van der Waals surface area contributed by atoms with Crippen molar-refractivity contribution in [2.75, 3.05) is 7.11 Å². The van der Waals surface area contributed by atoms with Crippen molar-refractivity contribution in [3.8, 4) is 0 Å². The Hall–Kier alpha value is -1.34. The van der Waals surface area contributed by atoms with Crippen LogP contribution in [0.2, 0.25) is 0 Å². The van der Waals surface area contributed by atoms with E-state index in [0.29, 0.717) is 0 Å². The van der Waals surface area contributed by atoms with E-state index in [-0.39, 0.29) is 5.60 Å². The molecule has 1 aliphatic carbocycles. The molecule has 1 unspecified atom stereocenters. The average molecular weight is 186 g/mol. The van der Waals surface area contributed by atoms with Gasteiger partial charge >= 0.3 is 0 Å². The first-order valence-electron chi connectivity index (χ1n) is 4.75. The third-order valence-corrected chi connectivity index (χ3v) is 2.79. The summed E-state index contributed by atoms with van der Waals surface area (Å²) in [7, 11) is 1.72. The summed E-state index contributed by atoms with van der Waals surface area (Å²) >= 11 is 0. The predicted molar refractivity (Wildman–Crippen MR) is 59.1 cm³/mol. The molecule has 0 saturated heterocycles. The van der Waals surface area contributed by atoms with Gasteiger partial charge in [-0.1, -0.05) is 43.0 Å². The van der Waals surface area contributed by atoms with Crippen LogP contribution < -0.4 is 0 Å². The van der Waals surface area contributed by atoms with Crippen molar-refractivity contribution in [1.29, 1.82) is 0 Å². The highest BCUT2D eigenvalue weighted by atomic mass is 16.5. The normalized spacial score (nSPS) is 24.4. The Bertz CT molecular complexity index is 379. The summed E-state index contributed by atoms with van der Waals surface area (Å²) in [6.07, 6.45) is 6.91. The van der Waals surface area contributed by atoms with Crippen molar-refractivity contribution < 1.29 is 4.74 Å². The minimum Gasteiger partial charge on any atom is -0.370 e. The SMILES string of the molecule is C=CC1(OC)C=Cc2ccccc2C1. The maximum Gasteiger partial charge on any atom is 0.108 e. The molecule has 1 aliphatic rings. The summed E-state index contributed by atoms with van der Waals surface area (Å²) in [5.41, 5.74) is 2.28. The van der Waals surface area contributed by atoms with Crippen molar-refractivity contribution in [1.82, 2.24) is 0 Å². The number of methoxy groups -OCH3 is 1. The first kappa shape index (κ1) is 9.22. The first-order valence-corrected chi connectivity index (χ1v) is 4.75. The van der Waals surface area contributed by atoms with Crippen molar-refractivity contribution in [3.63, 3.8) is 0 Å². The molecule has 0 heterocycles. The summed E-state index contributed by atoms with van der Waals surface area (Å²) in [6.45, 7) is 3.82. The van der Waals surface area contributed by atoms with Crippen molar-refractivity contribution in [3.05, 3.63) is 54.1 Å². The van der Waals surface area contributed by atoms with Gasteiger partial charge in [-0.2, -0.15) is 0 Å². The molecule has 0 aromatic heterocycles. The van der Waals surface area contributed by atoms with Gasteiger partial charge in [0.1, 0.15) is 5.60 Å². The molecule has 0 radical (unpaired) electrons. The Morgan fingerprint density at radius 2 is 2.21 bits per heavy atom. The Morgan fingerprint density at radius 1 is 1.43 bits per heavy atom. The van der Waals surface area contributed by atoms with Crippen LogP contribution in [0.15, 0.2) is 43.0 Å². The summed E-state index contributed by atoms with van der Waals surface area (Å²) < 4.78 is 5.48. The summed E-state index contributed by atoms with van der Waals surface area (Å²) in [5.74, 6) is 0. The number of rotatable bonds is 2. The van der Waals surface area contributed by atoms with Gasteiger partial charge in [-0.25, -0.2) is 0 Å². The predicted octanol–water partition coefficient (Wildman–Crippen LogP) is 2.83. The van der Waals surface area contributed by atoms with E-state index in [0.717, 1.165) is 6.42 Å². The van der Waals surface area contributed by atoms with E-state index in [4.69, 9.17) is 4.74 Å². The zero-order chi connectivity index (χ0) is 10.0. The van der Waals surface area contributed by atoms with E-state index in [9.17, 15) is 0 Å². The third-order valence-electron chi connectivity index (χ3n) is 2.79. The third kappa shape index (κ3) is 1.40. The molecular weight excluding hydrogens is 172 g/mol. The number of hydrogen-bond donors (Lipinski definition) is 0. The van der Waals surface area contributed by atoms with Gasteiger partial charge in [0.25, 0.3) is 0 Å². The van der Waals surface area contributed by atoms with Gasteiger partial charge in [0.05, 0.1) is 0 Å². The Balaban J connectivity index is 2.42. The van der Waals surface area contributed by atoms with E-state index >= 15 is 0 Å². The lowest BCUT2D eigenvalue weighted by Crippen LogP contribution is -2.30. The summed E-state index contributed by atoms with van der Waals surface area (Å²) in [6, 6.07) is 8.36. The van der Waals surface area contributed by atoms with E-state index in [2.05, 4.69) is 43.0 Å². The van der Waals surface area contributed by atoms with Crippen LogP contribution in [0.4, 0.5) is 0 Å². The fourth-order valence-corrected chi connectivity index (χ4v) is 1.81. The molecule has 0 aliphatic heterocycles. The molecule has 0 spiro atoms. The molecule has 14 heavy (non-hydrogen) atoms. The molecule has 1 heteroatoms. The van der Waals surface area contributed by atoms with Crippen LogP contribution in [0.1, 0.15) is 11.1 Å². The summed E-state index contributed by atoms with van der Waals surface area (Å²) in [5, 5.41) is 0. The molecule has 0 bridgehead atoms. The highest BCUT2D eigenvalue weighted by Gasteiger charge is 2.26. The summed E-state index contributed by atoms with van der Waals surface area (Å²) in [4.78, 5) is 0. The van der Waals surface area contributed by atoms with Gasteiger partial charge in [-0.3, -0.25) is 0 Å². The van der Waals surface area contributed by atoms with Gasteiger partial charge < -0.3 is 4.74 Å². The topological polar surface area (TPSA) is 9.23 Å². The van der Waals surface area contributed by atoms with E-state index in [1.165, 1.54) is 11.1 Å². The molecule has 2 rings (SSSR count). The molecular formula is C13H14O. The van der Waals surface area contributed by atoms with Crippen LogP contribution in [-0.4, -0.2) is 12.7 Å². The number of benzene rings is 1. The standard InChI is InChI=1S/C13H14O/c1-3-13(14-2)9-8-11-6-4-5-7-12(11)10-13/h3-9H,1,10H2,2H3. The quantitative estimate of drug-likeness (QED) is 0.645. The molecule has 1 nitrogen and oxygen atoms in total. The van der Waals surface area contributed by atoms with Crippen molar-refractivity contribution in [2.45, 2.75) is 12.0 Å². The maximum atomic E-state index is 5.48. The zero-order valence-corrected chi connectivity index (χ0v) is 8.36. The van der Waals surface area contributed by atoms with Crippen molar-refractivity contribution in [2.24, 2.45) is 0 Å². The molecule has 0 N–H and O–H groups in total. The second kappa shape index (κ2) is 3.43. The van der Waals surface area contributed by atoms with E-state index < -0.39 is 0 Å². The lowest BCUT2D eigenvalue weighted by Gasteiger charge is -2.29. The Morgan fingerprint density at radius 3 is 2.93 bits per heavy atom. The smallest absolute Gasteiger partial charge is 0.108 e. The second-order valence-electron chi connectivity index (χ2n) is 3.57. The fourth-order valence-electron chi connectivity index (χ4n) is 1.81. The zero-order valence-electron chi connectivity index (χ0n) is 8.36. The molecule has 72 valence electrons. The highest BCUT2D eigenvalue weighted by Crippen LogP contribution is 2.28. The lowest BCUT2D eigenvalue weighted by molar-refractivity contribution is 0.0744. The van der Waals surface area contributed by atoms with Crippen LogP contribution in [-0.2, 0) is 11.2 Å². The molecule has 0 amide bonds. The van der Waals surface area contributed by atoms with Gasteiger partial charge in [0.15, 0.2) is 0 Å². The van der Waals surface area contributed by atoms with Gasteiger partial charge in [0.2, 0.25) is 0 Å². The number of fused-ring (bicyclic) bond motifs is 1. The number of ether oxygens (including phenoxy) is 1. The first-order chi connectivity index (χ1) is 6.79. The second-order valence-corrected chi connectivity index (χ2v) is 3.57. The molecule has 1 aromatic rings. The Labute approximate surface area is 84.7 Å². The molecule has 0 fully saturated rings. The van der Waals surface area contributed by atoms with Crippen LogP contribution in [0, 0.1) is 0 Å². The largest absolute Gasteiger partial charge is 0.370 e. The van der Waals surface area contributed by atoms with Crippen molar-refractivity contribution >= 4 is 6.08 Å². The maximum absolute atomic E-state index is 5.48. The average Bonchev–Trinajstić information content (AvgIpc) is 2.28. The molecule has 1 aromatic carbocycles. The van der Waals surface area contributed by atoms with Crippen LogP contribution in [0.3, 0.4) is 0 Å². The van der Waals surface area contributed by atoms with Crippen LogP contribution in [0.5, 0.6) is 0 Å². The highest BCUT2D eigenvalue weighted by molar-refractivity contribution is 5.59. The minimum absolute atomic E-state index is 0.311. The van der Waals surface area contributed by atoms with E-state index in [1.54, 1.807) is 7.11 Å². The van der Waals surface area contributed by atoms with Gasteiger partial charge in [-0.05, 0) is 17.2 Å². The monoisotopic (exact) mass is 186 g/mol. The molecule has 1 atom stereocenters. The van der Waals surface area contributed by atoms with Crippen LogP contribution >= 0.6 is 0 Å². The van der Waals surface area contributed by atoms with Crippen LogP contribution in [0.25, 0.3) is 6.08 Å². The van der Waals surface area contributed by atoms with E-state index in [1.807, 2.05) is 6.08 Å². The Kier molecular flexibility index (Phi) is 2.26. The minimum atomic E-state index is -0.311. The molecule has 0 saturated carbocycles. The lowest BCUT2D eigenvalue weighted by atomic mass is 9.86. The van der Waals surface area contributed by atoms with Gasteiger partial charge in [-0.15, -0.1) is 0 Å². The fraction of sp³-hybridized carbons (Fsp3) is 0.231. The number of hydrogen-bond acceptors (Lipinski definition) is 1.